The van der Waals surface area contributed by atoms with Crippen LogP contribution < -0.4 is 5.32 Å². The van der Waals surface area contributed by atoms with E-state index < -0.39 is 0 Å². The highest BCUT2D eigenvalue weighted by Crippen LogP contribution is 2.41. The maximum absolute atomic E-state index is 12.0. The minimum Gasteiger partial charge on any atom is -0.352 e. The van der Waals surface area contributed by atoms with Gasteiger partial charge in [-0.15, -0.1) is 0 Å². The van der Waals surface area contributed by atoms with Crippen LogP contribution in [0.15, 0.2) is 24.3 Å². The fourth-order valence-electron chi connectivity index (χ4n) is 2.80. The molecule has 1 fully saturated rings. The van der Waals surface area contributed by atoms with Crippen LogP contribution >= 0.6 is 0 Å². The van der Waals surface area contributed by atoms with Gasteiger partial charge in [-0.05, 0) is 43.2 Å². The molecule has 2 heteroatoms. The lowest BCUT2D eigenvalue weighted by Gasteiger charge is -2.27. The number of amides is 1. The van der Waals surface area contributed by atoms with Gasteiger partial charge in [-0.25, -0.2) is 0 Å². The number of rotatable bonds is 3. The summed E-state index contributed by atoms with van der Waals surface area (Å²) in [6.45, 7) is 7.45. The number of hydrogen-bond donors (Lipinski definition) is 1. The average molecular weight is 245 g/mol. The van der Waals surface area contributed by atoms with E-state index in [1.807, 2.05) is 31.2 Å². The van der Waals surface area contributed by atoms with Crippen LogP contribution in [0.4, 0.5) is 0 Å². The smallest absolute Gasteiger partial charge is 0.251 e. The first-order valence-corrected chi connectivity index (χ1v) is 6.84. The molecular weight excluding hydrogens is 222 g/mol. The SMILES string of the molecule is Cc1ccc(C(=O)NCC2CCCC2(C)C)cc1. The first kappa shape index (κ1) is 13.1. The molecule has 0 saturated heterocycles. The summed E-state index contributed by atoms with van der Waals surface area (Å²) < 4.78 is 0. The lowest BCUT2D eigenvalue weighted by molar-refractivity contribution is 0.0937. The number of hydrogen-bond acceptors (Lipinski definition) is 1. The molecule has 0 aromatic heterocycles. The zero-order chi connectivity index (χ0) is 13.2. The average Bonchev–Trinajstić information content (AvgIpc) is 2.66. The summed E-state index contributed by atoms with van der Waals surface area (Å²) in [5.74, 6) is 0.671. The molecule has 1 unspecified atom stereocenters. The molecule has 0 heterocycles. The number of carbonyl (C=O) groups is 1. The van der Waals surface area contributed by atoms with Crippen molar-refractivity contribution in [2.24, 2.45) is 11.3 Å². The maximum atomic E-state index is 12.0. The normalized spacial score (nSPS) is 21.8. The van der Waals surface area contributed by atoms with Crippen molar-refractivity contribution in [3.8, 4) is 0 Å². The van der Waals surface area contributed by atoms with Crippen molar-refractivity contribution in [1.29, 1.82) is 0 Å². The van der Waals surface area contributed by atoms with Gasteiger partial charge in [-0.3, -0.25) is 4.79 Å². The molecule has 1 atom stereocenters. The molecule has 2 nitrogen and oxygen atoms in total. The van der Waals surface area contributed by atoms with E-state index in [1.54, 1.807) is 0 Å². The first-order chi connectivity index (χ1) is 8.49. The molecule has 1 aliphatic rings. The Balaban J connectivity index is 1.90. The summed E-state index contributed by atoms with van der Waals surface area (Å²) in [6, 6.07) is 7.75. The molecule has 1 amide bonds. The molecule has 0 radical (unpaired) electrons. The zero-order valence-electron chi connectivity index (χ0n) is 11.6. The van der Waals surface area contributed by atoms with Crippen LogP contribution in [0.3, 0.4) is 0 Å². The molecule has 0 spiro atoms. The Morgan fingerprint density at radius 3 is 2.56 bits per heavy atom. The number of carbonyl (C=O) groups excluding carboxylic acids is 1. The second-order valence-electron chi connectivity index (χ2n) is 6.15. The first-order valence-electron chi connectivity index (χ1n) is 6.84. The van der Waals surface area contributed by atoms with Crippen LogP contribution in [-0.4, -0.2) is 12.5 Å². The van der Waals surface area contributed by atoms with Gasteiger partial charge in [0.1, 0.15) is 0 Å². The molecule has 1 aliphatic carbocycles. The monoisotopic (exact) mass is 245 g/mol. The fourth-order valence-corrected chi connectivity index (χ4v) is 2.80. The number of nitrogens with one attached hydrogen (secondary N) is 1. The van der Waals surface area contributed by atoms with Crippen LogP contribution in [0, 0.1) is 18.3 Å². The molecule has 2 rings (SSSR count). The van der Waals surface area contributed by atoms with Gasteiger partial charge in [0.2, 0.25) is 0 Å². The van der Waals surface area contributed by atoms with Crippen molar-refractivity contribution < 1.29 is 4.79 Å². The molecule has 1 aromatic rings. The minimum atomic E-state index is 0.0534. The summed E-state index contributed by atoms with van der Waals surface area (Å²) in [7, 11) is 0. The molecule has 0 bridgehead atoms. The van der Waals surface area contributed by atoms with Gasteiger partial charge in [-0.2, -0.15) is 0 Å². The summed E-state index contributed by atoms with van der Waals surface area (Å²) in [5, 5.41) is 3.08. The standard InChI is InChI=1S/C16H23NO/c1-12-6-8-13(9-7-12)15(18)17-11-14-5-4-10-16(14,2)3/h6-9,14H,4-5,10-11H2,1-3H3,(H,17,18). The van der Waals surface area contributed by atoms with Gasteiger partial charge in [0.15, 0.2) is 0 Å². The molecule has 1 saturated carbocycles. The number of benzene rings is 1. The summed E-state index contributed by atoms with van der Waals surface area (Å²) in [6.07, 6.45) is 3.80. The van der Waals surface area contributed by atoms with Gasteiger partial charge >= 0.3 is 0 Å². The van der Waals surface area contributed by atoms with Crippen molar-refractivity contribution in [2.75, 3.05) is 6.54 Å². The predicted octanol–water partition coefficient (Wildman–Crippen LogP) is 3.55. The third kappa shape index (κ3) is 2.92. The van der Waals surface area contributed by atoms with Gasteiger partial charge in [0.05, 0.1) is 0 Å². The van der Waals surface area contributed by atoms with E-state index in [0.29, 0.717) is 11.3 Å². The third-order valence-electron chi connectivity index (χ3n) is 4.30. The highest BCUT2D eigenvalue weighted by molar-refractivity contribution is 5.94. The maximum Gasteiger partial charge on any atom is 0.251 e. The summed E-state index contributed by atoms with van der Waals surface area (Å²) >= 11 is 0. The Morgan fingerprint density at radius 1 is 1.33 bits per heavy atom. The quantitative estimate of drug-likeness (QED) is 0.867. The Morgan fingerprint density at radius 2 is 2.00 bits per heavy atom. The van der Waals surface area contributed by atoms with Gasteiger partial charge in [0, 0.05) is 12.1 Å². The van der Waals surface area contributed by atoms with Crippen molar-refractivity contribution >= 4 is 5.91 Å². The third-order valence-corrected chi connectivity index (χ3v) is 4.30. The predicted molar refractivity (Wildman–Crippen MR) is 74.6 cm³/mol. The molecular formula is C16H23NO. The Kier molecular flexibility index (Phi) is 3.74. The van der Waals surface area contributed by atoms with Gasteiger partial charge in [0.25, 0.3) is 5.91 Å². The van der Waals surface area contributed by atoms with Crippen LogP contribution in [-0.2, 0) is 0 Å². The van der Waals surface area contributed by atoms with Crippen LogP contribution in [0.1, 0.15) is 49.0 Å². The van der Waals surface area contributed by atoms with Crippen molar-refractivity contribution in [3.05, 3.63) is 35.4 Å². The molecule has 98 valence electrons. The van der Waals surface area contributed by atoms with E-state index in [1.165, 1.54) is 24.8 Å². The minimum absolute atomic E-state index is 0.0534. The topological polar surface area (TPSA) is 29.1 Å². The van der Waals surface area contributed by atoms with Crippen molar-refractivity contribution in [3.63, 3.8) is 0 Å². The Labute approximate surface area is 110 Å². The van der Waals surface area contributed by atoms with Crippen LogP contribution in [0.2, 0.25) is 0 Å². The largest absolute Gasteiger partial charge is 0.352 e. The van der Waals surface area contributed by atoms with E-state index >= 15 is 0 Å². The summed E-state index contributed by atoms with van der Waals surface area (Å²) in [5.41, 5.74) is 2.32. The lowest BCUT2D eigenvalue weighted by Crippen LogP contribution is -2.33. The second kappa shape index (κ2) is 5.13. The molecule has 1 N–H and O–H groups in total. The highest BCUT2D eigenvalue weighted by atomic mass is 16.1. The fraction of sp³-hybridized carbons (Fsp3) is 0.562. The highest BCUT2D eigenvalue weighted by Gasteiger charge is 2.34. The Hall–Kier alpha value is -1.31. The van der Waals surface area contributed by atoms with E-state index in [4.69, 9.17) is 0 Å². The number of aryl methyl sites for hydroxylation is 1. The van der Waals surface area contributed by atoms with E-state index in [9.17, 15) is 4.79 Å². The van der Waals surface area contributed by atoms with Gasteiger partial charge < -0.3 is 5.32 Å². The van der Waals surface area contributed by atoms with Gasteiger partial charge in [-0.1, -0.05) is 38.0 Å². The van der Waals surface area contributed by atoms with Crippen LogP contribution in [0.5, 0.6) is 0 Å². The zero-order valence-corrected chi connectivity index (χ0v) is 11.6. The molecule has 18 heavy (non-hydrogen) atoms. The van der Waals surface area contributed by atoms with E-state index in [-0.39, 0.29) is 5.91 Å². The van der Waals surface area contributed by atoms with E-state index in [0.717, 1.165) is 12.1 Å². The van der Waals surface area contributed by atoms with E-state index in [2.05, 4.69) is 19.2 Å². The molecule has 0 aliphatic heterocycles. The van der Waals surface area contributed by atoms with Crippen LogP contribution in [0.25, 0.3) is 0 Å². The summed E-state index contributed by atoms with van der Waals surface area (Å²) in [4.78, 5) is 12.0. The lowest BCUT2D eigenvalue weighted by atomic mass is 9.82. The Bertz CT molecular complexity index is 419. The molecule has 1 aromatic carbocycles. The van der Waals surface area contributed by atoms with Crippen molar-refractivity contribution in [2.45, 2.75) is 40.0 Å². The second-order valence-corrected chi connectivity index (χ2v) is 6.15. The van der Waals surface area contributed by atoms with Crippen molar-refractivity contribution in [1.82, 2.24) is 5.32 Å².